The van der Waals surface area contributed by atoms with E-state index in [9.17, 15) is 18.0 Å². The van der Waals surface area contributed by atoms with Gasteiger partial charge in [0.15, 0.2) is 10.8 Å². The maximum absolute atomic E-state index is 13.9. The zero-order chi connectivity index (χ0) is 29.6. The van der Waals surface area contributed by atoms with Gasteiger partial charge in [-0.25, -0.2) is 4.98 Å². The Kier molecular flexibility index (Phi) is 9.18. The van der Waals surface area contributed by atoms with Gasteiger partial charge in [0.25, 0.3) is 10.0 Å². The van der Waals surface area contributed by atoms with Crippen LogP contribution in [-0.4, -0.2) is 30.8 Å². The molecule has 0 bridgehead atoms. The van der Waals surface area contributed by atoms with Crippen molar-refractivity contribution >= 4 is 38.8 Å². The molecule has 4 aromatic rings. The van der Waals surface area contributed by atoms with Crippen LogP contribution in [0.5, 0.6) is 0 Å². The lowest BCUT2D eigenvalue weighted by molar-refractivity contribution is -0.180. The van der Waals surface area contributed by atoms with Gasteiger partial charge in [0.2, 0.25) is 0 Å². The minimum absolute atomic E-state index is 0.0571. The molecule has 1 fully saturated rings. The third-order valence-electron chi connectivity index (χ3n) is 7.93. The Morgan fingerprint density at radius 3 is 2.14 bits per heavy atom. The number of anilines is 1. The van der Waals surface area contributed by atoms with E-state index in [2.05, 4.69) is 9.71 Å². The van der Waals surface area contributed by atoms with E-state index in [4.69, 9.17) is 4.74 Å². The summed E-state index contributed by atoms with van der Waals surface area (Å²) >= 11 is 1.19. The predicted molar refractivity (Wildman–Crippen MR) is 164 cm³/mol. The fraction of sp³-hybridized carbons (Fsp3) is 0.303. The smallest absolute Gasteiger partial charge is 0.317 e. The van der Waals surface area contributed by atoms with Gasteiger partial charge in [-0.05, 0) is 60.9 Å². The van der Waals surface area contributed by atoms with Crippen molar-refractivity contribution in [3.63, 3.8) is 0 Å². The van der Waals surface area contributed by atoms with Crippen LogP contribution >= 0.6 is 11.3 Å². The Bertz CT molecular complexity index is 1540. The average Bonchev–Trinajstić information content (AvgIpc) is 3.55. The van der Waals surface area contributed by atoms with Crippen molar-refractivity contribution in [2.45, 2.75) is 62.0 Å². The predicted octanol–water partition coefficient (Wildman–Crippen LogP) is 6.57. The number of hydrogen-bond donors (Lipinski definition) is 1. The lowest BCUT2D eigenvalue weighted by atomic mass is 9.74. The molecule has 1 aliphatic heterocycles. The first-order chi connectivity index (χ1) is 20.3. The number of nitrogens with one attached hydrogen (secondary N) is 1. The standard InChI is InChI=1S/C33H34N2O5S2/c1-2-28(26-14-9-15-27(20-26)35-42(38,39)30-22-41-23-34-30)31-29(36)21-33(40-32(31)37,18-16-24-10-5-3-6-11-24)19-17-25-12-7-4-8-13-25/h3-15,20,22-23,28,31,35H,2,16-19,21H2,1H3. The minimum atomic E-state index is -3.85. The SMILES string of the molecule is CCC(c1cccc(NS(=O)(=O)c2cscn2)c1)C1C(=O)CC(CCc2ccccc2)(CCc2ccccc2)OC1=O. The minimum Gasteiger partial charge on any atom is -0.458 e. The van der Waals surface area contributed by atoms with Gasteiger partial charge in [-0.1, -0.05) is 79.7 Å². The molecule has 0 spiro atoms. The first kappa shape index (κ1) is 29.7. The molecule has 7 nitrogen and oxygen atoms in total. The molecule has 1 saturated heterocycles. The van der Waals surface area contributed by atoms with Crippen molar-refractivity contribution in [1.29, 1.82) is 0 Å². The number of carbonyl (C=O) groups is 2. The number of ether oxygens (including phenoxy) is 1. The monoisotopic (exact) mass is 602 g/mol. The summed E-state index contributed by atoms with van der Waals surface area (Å²) in [6.07, 6.45) is 3.15. The first-order valence-electron chi connectivity index (χ1n) is 14.1. The van der Waals surface area contributed by atoms with Gasteiger partial charge < -0.3 is 4.74 Å². The van der Waals surface area contributed by atoms with Crippen molar-refractivity contribution in [2.24, 2.45) is 5.92 Å². The van der Waals surface area contributed by atoms with Crippen LogP contribution < -0.4 is 4.72 Å². The largest absolute Gasteiger partial charge is 0.458 e. The summed E-state index contributed by atoms with van der Waals surface area (Å²) in [6, 6.07) is 26.9. The highest BCUT2D eigenvalue weighted by molar-refractivity contribution is 7.92. The Balaban J connectivity index is 1.36. The second kappa shape index (κ2) is 13.0. The number of Topliss-reactive ketones (excluding diaryl/α,β-unsaturated/α-hetero) is 1. The van der Waals surface area contributed by atoms with Gasteiger partial charge in [-0.3, -0.25) is 14.3 Å². The van der Waals surface area contributed by atoms with Crippen LogP contribution in [0.2, 0.25) is 0 Å². The molecule has 2 heterocycles. The van der Waals surface area contributed by atoms with Crippen molar-refractivity contribution in [1.82, 2.24) is 4.98 Å². The summed E-state index contributed by atoms with van der Waals surface area (Å²) in [4.78, 5) is 31.5. The molecule has 0 saturated carbocycles. The molecule has 218 valence electrons. The number of thiazole rings is 1. The average molecular weight is 603 g/mol. The molecule has 5 rings (SSSR count). The van der Waals surface area contributed by atoms with Crippen molar-refractivity contribution in [2.75, 3.05) is 4.72 Å². The van der Waals surface area contributed by atoms with E-state index in [1.54, 1.807) is 18.2 Å². The molecule has 0 amide bonds. The maximum atomic E-state index is 13.9. The van der Waals surface area contributed by atoms with Crippen LogP contribution in [0.15, 0.2) is 101 Å². The lowest BCUT2D eigenvalue weighted by Crippen LogP contribution is -2.49. The van der Waals surface area contributed by atoms with Gasteiger partial charge in [0, 0.05) is 23.4 Å². The number of hydrogen-bond acceptors (Lipinski definition) is 7. The Hall–Kier alpha value is -3.82. The number of carbonyl (C=O) groups excluding carboxylic acids is 2. The molecular weight excluding hydrogens is 569 g/mol. The molecular formula is C33H34N2O5S2. The molecule has 42 heavy (non-hydrogen) atoms. The number of ketones is 1. The molecule has 1 aromatic heterocycles. The molecule has 1 aliphatic rings. The number of rotatable bonds is 12. The third kappa shape index (κ3) is 6.97. The number of aryl methyl sites for hydroxylation is 2. The van der Waals surface area contributed by atoms with Gasteiger partial charge in [0.1, 0.15) is 11.5 Å². The van der Waals surface area contributed by atoms with Crippen molar-refractivity contribution < 1.29 is 22.7 Å². The Morgan fingerprint density at radius 1 is 0.952 bits per heavy atom. The summed E-state index contributed by atoms with van der Waals surface area (Å²) in [7, 11) is -3.85. The van der Waals surface area contributed by atoms with Crippen LogP contribution in [0, 0.1) is 5.92 Å². The summed E-state index contributed by atoms with van der Waals surface area (Å²) < 4.78 is 34.3. The van der Waals surface area contributed by atoms with Gasteiger partial charge in [0.05, 0.1) is 5.51 Å². The zero-order valence-electron chi connectivity index (χ0n) is 23.4. The molecule has 2 unspecified atom stereocenters. The van der Waals surface area contributed by atoms with E-state index in [1.165, 1.54) is 22.2 Å². The quantitative estimate of drug-likeness (QED) is 0.145. The molecule has 9 heteroatoms. The maximum Gasteiger partial charge on any atom is 0.317 e. The topological polar surface area (TPSA) is 102 Å². The zero-order valence-corrected chi connectivity index (χ0v) is 25.1. The fourth-order valence-electron chi connectivity index (χ4n) is 5.74. The van der Waals surface area contributed by atoms with Crippen LogP contribution in [0.3, 0.4) is 0 Å². The highest BCUT2D eigenvalue weighted by Crippen LogP contribution is 2.41. The second-order valence-electron chi connectivity index (χ2n) is 10.8. The summed E-state index contributed by atoms with van der Waals surface area (Å²) in [5.74, 6) is -2.04. The van der Waals surface area contributed by atoms with E-state index >= 15 is 0 Å². The number of esters is 1. The molecule has 1 N–H and O–H groups in total. The molecule has 0 radical (unpaired) electrons. The Morgan fingerprint density at radius 2 is 1.60 bits per heavy atom. The summed E-state index contributed by atoms with van der Waals surface area (Å²) in [5.41, 5.74) is 3.87. The van der Waals surface area contributed by atoms with E-state index in [-0.39, 0.29) is 17.2 Å². The number of benzene rings is 3. The van der Waals surface area contributed by atoms with Gasteiger partial charge in [-0.2, -0.15) is 8.42 Å². The van der Waals surface area contributed by atoms with Crippen LogP contribution in [0.1, 0.15) is 55.2 Å². The van der Waals surface area contributed by atoms with Gasteiger partial charge >= 0.3 is 5.97 Å². The summed E-state index contributed by atoms with van der Waals surface area (Å²) in [6.45, 7) is 1.92. The number of sulfonamides is 1. The number of nitrogens with zero attached hydrogens (tertiary/aromatic N) is 1. The number of aromatic nitrogens is 1. The van der Waals surface area contributed by atoms with E-state index < -0.39 is 33.4 Å². The highest BCUT2D eigenvalue weighted by Gasteiger charge is 2.49. The highest BCUT2D eigenvalue weighted by atomic mass is 32.2. The third-order valence-corrected chi connectivity index (χ3v) is 9.95. The molecule has 2 atom stereocenters. The Labute approximate surface area is 251 Å². The van der Waals surface area contributed by atoms with Crippen LogP contribution in [0.25, 0.3) is 0 Å². The molecule has 3 aromatic carbocycles. The van der Waals surface area contributed by atoms with Gasteiger partial charge in [-0.15, -0.1) is 11.3 Å². The van der Waals surface area contributed by atoms with E-state index in [0.29, 0.717) is 43.4 Å². The fourth-order valence-corrected chi connectivity index (χ4v) is 7.62. The van der Waals surface area contributed by atoms with E-state index in [0.717, 1.165) is 11.1 Å². The van der Waals surface area contributed by atoms with Crippen molar-refractivity contribution in [3.05, 3.63) is 113 Å². The second-order valence-corrected chi connectivity index (χ2v) is 13.1. The van der Waals surface area contributed by atoms with E-state index in [1.807, 2.05) is 73.7 Å². The number of cyclic esters (lactones) is 1. The van der Waals surface area contributed by atoms with Crippen LogP contribution in [-0.2, 0) is 37.2 Å². The first-order valence-corrected chi connectivity index (χ1v) is 16.6. The normalized spacial score (nSPS) is 17.4. The van der Waals surface area contributed by atoms with Crippen molar-refractivity contribution in [3.8, 4) is 0 Å². The van der Waals surface area contributed by atoms with Crippen LogP contribution in [0.4, 0.5) is 5.69 Å². The molecule has 0 aliphatic carbocycles. The summed E-state index contributed by atoms with van der Waals surface area (Å²) in [5, 5.41) is 1.40. The lowest BCUT2D eigenvalue weighted by Gasteiger charge is -2.41.